The second-order valence-corrected chi connectivity index (χ2v) is 2.72. The highest BCUT2D eigenvalue weighted by molar-refractivity contribution is 9.08. The number of aromatic nitrogens is 2. The van der Waals surface area contributed by atoms with Crippen LogP contribution in [0.15, 0.2) is 6.07 Å². The first-order valence-electron chi connectivity index (χ1n) is 3.49. The molecular weight excluding hydrogens is 208 g/mol. The van der Waals surface area contributed by atoms with Crippen molar-refractivity contribution >= 4 is 15.9 Å². The third kappa shape index (κ3) is 1.96. The summed E-state index contributed by atoms with van der Waals surface area (Å²) in [4.78, 5) is 0. The van der Waals surface area contributed by atoms with Crippen LogP contribution in [0.5, 0.6) is 5.88 Å². The average molecular weight is 219 g/mol. The Kier molecular flexibility index (Phi) is 2.93. The highest BCUT2D eigenvalue weighted by Crippen LogP contribution is 2.13. The Morgan fingerprint density at radius 2 is 2.45 bits per heavy atom. The van der Waals surface area contributed by atoms with Crippen molar-refractivity contribution in [3.05, 3.63) is 11.8 Å². The zero-order chi connectivity index (χ0) is 8.27. The van der Waals surface area contributed by atoms with Gasteiger partial charge in [-0.1, -0.05) is 15.9 Å². The van der Waals surface area contributed by atoms with Gasteiger partial charge in [-0.2, -0.15) is 5.10 Å². The molecule has 0 atom stereocenters. The van der Waals surface area contributed by atoms with E-state index in [-0.39, 0.29) is 0 Å². The van der Waals surface area contributed by atoms with Gasteiger partial charge in [0.25, 0.3) is 0 Å². The fourth-order valence-electron chi connectivity index (χ4n) is 0.855. The normalized spacial score (nSPS) is 10.1. The summed E-state index contributed by atoms with van der Waals surface area (Å²) in [5.41, 5.74) is 0.996. The van der Waals surface area contributed by atoms with E-state index in [1.807, 2.05) is 20.0 Å². The second-order valence-electron chi connectivity index (χ2n) is 2.16. The van der Waals surface area contributed by atoms with Crippen LogP contribution in [0.4, 0.5) is 0 Å². The van der Waals surface area contributed by atoms with Gasteiger partial charge in [0.05, 0.1) is 12.3 Å². The average Bonchev–Trinajstić information content (AvgIpc) is 2.33. The fraction of sp³-hybridized carbons (Fsp3) is 0.571. The maximum Gasteiger partial charge on any atom is 0.211 e. The molecule has 0 amide bonds. The molecule has 0 aliphatic rings. The van der Waals surface area contributed by atoms with Crippen molar-refractivity contribution in [3.63, 3.8) is 0 Å². The van der Waals surface area contributed by atoms with E-state index < -0.39 is 0 Å². The predicted molar refractivity (Wildman–Crippen MR) is 47.0 cm³/mol. The van der Waals surface area contributed by atoms with E-state index in [0.29, 0.717) is 6.61 Å². The molecule has 0 saturated heterocycles. The summed E-state index contributed by atoms with van der Waals surface area (Å²) in [5.74, 6) is 0.821. The molecule has 1 aromatic heterocycles. The van der Waals surface area contributed by atoms with Gasteiger partial charge < -0.3 is 4.74 Å². The number of alkyl halides is 1. The van der Waals surface area contributed by atoms with Crippen molar-refractivity contribution in [2.24, 2.45) is 7.05 Å². The Morgan fingerprint density at radius 1 is 1.73 bits per heavy atom. The molecule has 1 aromatic rings. The highest BCUT2D eigenvalue weighted by Gasteiger charge is 2.02. The SMILES string of the molecule is CCOc1cc(CBr)nn1C. The first-order valence-corrected chi connectivity index (χ1v) is 4.61. The van der Waals surface area contributed by atoms with E-state index in [2.05, 4.69) is 21.0 Å². The summed E-state index contributed by atoms with van der Waals surface area (Å²) in [6, 6.07) is 1.93. The van der Waals surface area contributed by atoms with Crippen molar-refractivity contribution in [3.8, 4) is 5.88 Å². The highest BCUT2D eigenvalue weighted by atomic mass is 79.9. The van der Waals surface area contributed by atoms with Gasteiger partial charge in [0.2, 0.25) is 5.88 Å². The van der Waals surface area contributed by atoms with Crippen molar-refractivity contribution in [2.45, 2.75) is 12.3 Å². The topological polar surface area (TPSA) is 27.1 Å². The molecule has 0 aliphatic heterocycles. The quantitative estimate of drug-likeness (QED) is 0.723. The van der Waals surface area contributed by atoms with Gasteiger partial charge in [-0.3, -0.25) is 0 Å². The van der Waals surface area contributed by atoms with E-state index in [9.17, 15) is 0 Å². The molecule has 62 valence electrons. The van der Waals surface area contributed by atoms with Crippen molar-refractivity contribution in [2.75, 3.05) is 6.61 Å². The molecule has 0 fully saturated rings. The van der Waals surface area contributed by atoms with Crippen LogP contribution in [-0.4, -0.2) is 16.4 Å². The summed E-state index contributed by atoms with van der Waals surface area (Å²) >= 11 is 3.32. The first-order chi connectivity index (χ1) is 5.27. The molecule has 0 bridgehead atoms. The Balaban J connectivity index is 2.79. The largest absolute Gasteiger partial charge is 0.478 e. The number of halogens is 1. The van der Waals surface area contributed by atoms with E-state index in [1.54, 1.807) is 4.68 Å². The molecule has 0 N–H and O–H groups in total. The summed E-state index contributed by atoms with van der Waals surface area (Å²) in [5, 5.41) is 4.96. The zero-order valence-corrected chi connectivity index (χ0v) is 8.26. The maximum atomic E-state index is 5.30. The molecule has 1 rings (SSSR count). The molecule has 0 aromatic carbocycles. The molecule has 0 spiro atoms. The van der Waals surface area contributed by atoms with Crippen LogP contribution in [-0.2, 0) is 12.4 Å². The lowest BCUT2D eigenvalue weighted by Gasteiger charge is -1.99. The molecule has 0 aliphatic carbocycles. The summed E-state index contributed by atoms with van der Waals surface area (Å²) in [6.07, 6.45) is 0. The molecule has 11 heavy (non-hydrogen) atoms. The van der Waals surface area contributed by atoms with E-state index in [1.165, 1.54) is 0 Å². The van der Waals surface area contributed by atoms with Crippen LogP contribution < -0.4 is 4.74 Å². The van der Waals surface area contributed by atoms with Gasteiger partial charge >= 0.3 is 0 Å². The second kappa shape index (κ2) is 3.76. The predicted octanol–water partition coefficient (Wildman–Crippen LogP) is 1.71. The van der Waals surface area contributed by atoms with Crippen LogP contribution in [0, 0.1) is 0 Å². The van der Waals surface area contributed by atoms with Crippen LogP contribution >= 0.6 is 15.9 Å². The lowest BCUT2D eigenvalue weighted by Crippen LogP contribution is -1.98. The molecule has 3 nitrogen and oxygen atoms in total. The Bertz CT molecular complexity index is 234. The van der Waals surface area contributed by atoms with E-state index in [4.69, 9.17) is 4.74 Å². The zero-order valence-electron chi connectivity index (χ0n) is 6.67. The maximum absolute atomic E-state index is 5.30. The summed E-state index contributed by atoms with van der Waals surface area (Å²) < 4.78 is 7.03. The van der Waals surface area contributed by atoms with Gasteiger partial charge in [0.1, 0.15) is 0 Å². The number of nitrogens with zero attached hydrogens (tertiary/aromatic N) is 2. The van der Waals surface area contributed by atoms with Crippen molar-refractivity contribution < 1.29 is 4.74 Å². The van der Waals surface area contributed by atoms with Crippen LogP contribution in [0.25, 0.3) is 0 Å². The van der Waals surface area contributed by atoms with Gasteiger partial charge in [-0.25, -0.2) is 4.68 Å². The number of hydrogen-bond donors (Lipinski definition) is 0. The van der Waals surface area contributed by atoms with Crippen molar-refractivity contribution in [1.29, 1.82) is 0 Å². The lowest BCUT2D eigenvalue weighted by atomic mass is 10.5. The number of rotatable bonds is 3. The molecule has 4 heteroatoms. The minimum absolute atomic E-state index is 0.682. The smallest absolute Gasteiger partial charge is 0.211 e. The Hall–Kier alpha value is -0.510. The van der Waals surface area contributed by atoms with E-state index in [0.717, 1.165) is 16.9 Å². The fourth-order valence-corrected chi connectivity index (χ4v) is 1.13. The van der Waals surface area contributed by atoms with E-state index >= 15 is 0 Å². The minimum Gasteiger partial charge on any atom is -0.478 e. The molecule has 0 saturated carbocycles. The van der Waals surface area contributed by atoms with Crippen LogP contribution in [0.3, 0.4) is 0 Å². The lowest BCUT2D eigenvalue weighted by molar-refractivity contribution is 0.309. The number of hydrogen-bond acceptors (Lipinski definition) is 2. The molecule has 0 unspecified atom stereocenters. The van der Waals surface area contributed by atoms with Gasteiger partial charge in [0, 0.05) is 18.4 Å². The monoisotopic (exact) mass is 218 g/mol. The minimum atomic E-state index is 0.682. The van der Waals surface area contributed by atoms with Gasteiger partial charge in [0.15, 0.2) is 0 Å². The molecule has 1 heterocycles. The van der Waals surface area contributed by atoms with Crippen LogP contribution in [0.2, 0.25) is 0 Å². The Labute approximate surface area is 74.5 Å². The number of ether oxygens (including phenoxy) is 1. The van der Waals surface area contributed by atoms with Gasteiger partial charge in [-0.05, 0) is 6.92 Å². The third-order valence-corrected chi connectivity index (χ3v) is 1.89. The Morgan fingerprint density at radius 3 is 2.91 bits per heavy atom. The molecule has 0 radical (unpaired) electrons. The first kappa shape index (κ1) is 8.59. The summed E-state index contributed by atoms with van der Waals surface area (Å²) in [6.45, 7) is 2.64. The third-order valence-electron chi connectivity index (χ3n) is 1.32. The number of aryl methyl sites for hydroxylation is 1. The standard InChI is InChI=1S/C7H11BrN2O/c1-3-11-7-4-6(5-8)9-10(7)2/h4H,3,5H2,1-2H3. The summed E-state index contributed by atoms with van der Waals surface area (Å²) in [7, 11) is 1.87. The molecular formula is C7H11BrN2O. The van der Waals surface area contributed by atoms with Crippen molar-refractivity contribution in [1.82, 2.24) is 9.78 Å². The van der Waals surface area contributed by atoms with Gasteiger partial charge in [-0.15, -0.1) is 0 Å². The van der Waals surface area contributed by atoms with Crippen LogP contribution in [0.1, 0.15) is 12.6 Å².